The van der Waals surface area contributed by atoms with Crippen LogP contribution in [0, 0.1) is 5.92 Å². The normalized spacial score (nSPS) is 19.7. The average molecular weight is 567 g/mol. The minimum absolute atomic E-state index is 0.0831. The number of aliphatic hydroxyl groups excluding tert-OH is 1. The van der Waals surface area contributed by atoms with Crippen LogP contribution in [0.1, 0.15) is 33.6 Å². The van der Waals surface area contributed by atoms with Gasteiger partial charge in [-0.1, -0.05) is 60.1 Å². The van der Waals surface area contributed by atoms with Crippen molar-refractivity contribution in [3.63, 3.8) is 0 Å². The van der Waals surface area contributed by atoms with Gasteiger partial charge in [0, 0.05) is 54.8 Å². The zero-order valence-corrected chi connectivity index (χ0v) is 23.3. The molecule has 1 aromatic heterocycles. The highest BCUT2D eigenvalue weighted by Gasteiger charge is 2.33. The number of para-hydroxylation sites is 1. The van der Waals surface area contributed by atoms with Crippen LogP contribution in [0.4, 0.5) is 0 Å². The number of halogens is 1. The maximum Gasteiger partial charge on any atom is 0.214 e. The third-order valence-electron chi connectivity index (χ3n) is 7.65. The Morgan fingerprint density at radius 3 is 2.59 bits per heavy atom. The van der Waals surface area contributed by atoms with Crippen LogP contribution in [-0.2, 0) is 13.1 Å². The van der Waals surface area contributed by atoms with Gasteiger partial charge >= 0.3 is 0 Å². The SMILES string of the molecule is O=C(C1=NCc2[nH]ccc2C1=NCC1CC(CO)N(Cc2ccccc2)C1)c1ccc(Oc2ccccc2)cc1Cl. The molecule has 8 heteroatoms. The van der Waals surface area contributed by atoms with Gasteiger partial charge in [0.25, 0.3) is 0 Å². The van der Waals surface area contributed by atoms with Gasteiger partial charge in [-0.25, -0.2) is 0 Å². The number of carbonyl (C=O) groups excluding carboxylic acids is 1. The second-order valence-electron chi connectivity index (χ2n) is 10.5. The lowest BCUT2D eigenvalue weighted by Gasteiger charge is -2.22. The summed E-state index contributed by atoms with van der Waals surface area (Å²) >= 11 is 6.60. The van der Waals surface area contributed by atoms with Crippen molar-refractivity contribution in [3.05, 3.63) is 119 Å². The Kier molecular flexibility index (Phi) is 8.09. The Morgan fingerprint density at radius 2 is 1.83 bits per heavy atom. The minimum atomic E-state index is -0.266. The van der Waals surface area contributed by atoms with Crippen molar-refractivity contribution in [2.24, 2.45) is 15.9 Å². The molecule has 4 aromatic rings. The molecule has 3 aromatic carbocycles. The molecule has 0 radical (unpaired) electrons. The van der Waals surface area contributed by atoms with E-state index in [0.717, 1.165) is 30.8 Å². The van der Waals surface area contributed by atoms with Crippen LogP contribution in [0.2, 0.25) is 5.02 Å². The van der Waals surface area contributed by atoms with Gasteiger partial charge in [0.1, 0.15) is 17.2 Å². The number of fused-ring (bicyclic) bond motifs is 1. The first-order valence-corrected chi connectivity index (χ1v) is 14.2. The molecule has 1 fully saturated rings. The number of hydrogen-bond acceptors (Lipinski definition) is 6. The molecular formula is C33H31ClN4O3. The number of carbonyl (C=O) groups is 1. The molecule has 6 rings (SSSR count). The number of aliphatic imine (C=N–C) groups is 2. The summed E-state index contributed by atoms with van der Waals surface area (Å²) in [6, 6.07) is 26.8. The Morgan fingerprint density at radius 1 is 1.05 bits per heavy atom. The first kappa shape index (κ1) is 27.1. The lowest BCUT2D eigenvalue weighted by atomic mass is 9.95. The van der Waals surface area contributed by atoms with Crippen LogP contribution in [-0.4, -0.2) is 57.9 Å². The summed E-state index contributed by atoms with van der Waals surface area (Å²) in [5.41, 5.74) is 4.30. The largest absolute Gasteiger partial charge is 0.457 e. The summed E-state index contributed by atoms with van der Waals surface area (Å²) in [6.45, 7) is 2.62. The summed E-state index contributed by atoms with van der Waals surface area (Å²) in [7, 11) is 0. The second-order valence-corrected chi connectivity index (χ2v) is 10.9. The maximum atomic E-state index is 13.8. The van der Waals surface area contributed by atoms with Gasteiger partial charge in [-0.3, -0.25) is 19.7 Å². The zero-order chi connectivity index (χ0) is 28.2. The second kappa shape index (κ2) is 12.2. The summed E-state index contributed by atoms with van der Waals surface area (Å²) in [6.07, 6.45) is 2.69. The molecule has 2 N–H and O–H groups in total. The topological polar surface area (TPSA) is 90.3 Å². The summed E-state index contributed by atoms with van der Waals surface area (Å²) in [5.74, 6) is 1.22. The molecule has 7 nitrogen and oxygen atoms in total. The van der Waals surface area contributed by atoms with Crippen LogP contribution >= 0.6 is 11.6 Å². The van der Waals surface area contributed by atoms with Gasteiger partial charge < -0.3 is 14.8 Å². The molecule has 2 unspecified atom stereocenters. The third kappa shape index (κ3) is 6.03. The number of aromatic nitrogens is 1. The van der Waals surface area contributed by atoms with Crippen LogP contribution in [0.5, 0.6) is 11.5 Å². The van der Waals surface area contributed by atoms with Crippen molar-refractivity contribution in [1.29, 1.82) is 0 Å². The third-order valence-corrected chi connectivity index (χ3v) is 7.96. The molecule has 0 aliphatic carbocycles. The molecule has 2 aliphatic heterocycles. The fraction of sp³-hybridized carbons (Fsp3) is 0.242. The van der Waals surface area contributed by atoms with Crippen molar-refractivity contribution in [2.75, 3.05) is 19.7 Å². The van der Waals surface area contributed by atoms with Crippen LogP contribution in [0.15, 0.2) is 101 Å². The number of hydrogen-bond donors (Lipinski definition) is 2. The number of rotatable bonds is 9. The van der Waals surface area contributed by atoms with Gasteiger partial charge in [-0.05, 0) is 48.2 Å². The Bertz CT molecular complexity index is 1580. The number of ketones is 1. The number of nitrogens with one attached hydrogen (secondary N) is 1. The van der Waals surface area contributed by atoms with Crippen molar-refractivity contribution < 1.29 is 14.6 Å². The highest BCUT2D eigenvalue weighted by atomic mass is 35.5. The monoisotopic (exact) mass is 566 g/mol. The molecule has 208 valence electrons. The zero-order valence-electron chi connectivity index (χ0n) is 22.5. The van der Waals surface area contributed by atoms with Gasteiger partial charge in [0.15, 0.2) is 0 Å². The van der Waals surface area contributed by atoms with E-state index in [0.29, 0.717) is 46.6 Å². The maximum absolute atomic E-state index is 13.8. The van der Waals surface area contributed by atoms with E-state index in [9.17, 15) is 9.90 Å². The van der Waals surface area contributed by atoms with E-state index in [1.807, 2.05) is 60.8 Å². The number of H-pyrrole nitrogens is 1. The van der Waals surface area contributed by atoms with Crippen molar-refractivity contribution in [2.45, 2.75) is 25.6 Å². The average Bonchev–Trinajstić information content (AvgIpc) is 3.63. The standard InChI is InChI=1S/C33H31ClN4O3/c34-29-16-26(41-25-9-5-2-6-10-25)11-12-27(29)33(40)32-31(28-13-14-35-30(28)18-37-32)36-17-23-15-24(21-39)38(20-23)19-22-7-3-1-4-8-22/h1-14,16,23-24,35,39H,15,17-21H2. The van der Waals surface area contributed by atoms with Gasteiger partial charge in [-0.2, -0.15) is 0 Å². The van der Waals surface area contributed by atoms with Crippen molar-refractivity contribution >= 4 is 28.8 Å². The molecular weight excluding hydrogens is 536 g/mol. The van der Waals surface area contributed by atoms with Gasteiger partial charge in [0.05, 0.1) is 23.9 Å². The van der Waals surface area contributed by atoms with E-state index in [2.05, 4.69) is 27.0 Å². The van der Waals surface area contributed by atoms with Gasteiger partial charge in [0.2, 0.25) is 5.78 Å². The summed E-state index contributed by atoms with van der Waals surface area (Å²) in [5, 5.41) is 10.3. The highest BCUT2D eigenvalue weighted by molar-refractivity contribution is 6.74. The predicted octanol–water partition coefficient (Wildman–Crippen LogP) is 5.97. The van der Waals surface area contributed by atoms with E-state index >= 15 is 0 Å². The van der Waals surface area contributed by atoms with E-state index in [1.165, 1.54) is 5.56 Å². The van der Waals surface area contributed by atoms with Crippen LogP contribution in [0.3, 0.4) is 0 Å². The van der Waals surface area contributed by atoms with Crippen LogP contribution < -0.4 is 4.74 Å². The quantitative estimate of drug-likeness (QED) is 0.244. The van der Waals surface area contributed by atoms with E-state index in [4.69, 9.17) is 21.3 Å². The highest BCUT2D eigenvalue weighted by Crippen LogP contribution is 2.29. The number of likely N-dealkylation sites (tertiary alicyclic amines) is 1. The molecule has 2 aliphatic rings. The molecule has 0 amide bonds. The molecule has 1 saturated heterocycles. The number of nitrogens with zero attached hydrogens (tertiary/aromatic N) is 3. The number of ether oxygens (including phenoxy) is 1. The number of aliphatic hydroxyl groups is 1. The minimum Gasteiger partial charge on any atom is -0.457 e. The smallest absolute Gasteiger partial charge is 0.214 e. The lowest BCUT2D eigenvalue weighted by Crippen LogP contribution is -2.31. The Balaban J connectivity index is 1.21. The molecule has 41 heavy (non-hydrogen) atoms. The van der Waals surface area contributed by atoms with Crippen LogP contribution in [0.25, 0.3) is 0 Å². The van der Waals surface area contributed by atoms with Crippen molar-refractivity contribution in [1.82, 2.24) is 9.88 Å². The van der Waals surface area contributed by atoms with Crippen molar-refractivity contribution in [3.8, 4) is 11.5 Å². The first-order chi connectivity index (χ1) is 20.1. The van der Waals surface area contributed by atoms with E-state index in [-0.39, 0.29) is 24.3 Å². The molecule has 2 atom stereocenters. The summed E-state index contributed by atoms with van der Waals surface area (Å²) in [4.78, 5) is 29.0. The molecule has 0 spiro atoms. The fourth-order valence-electron chi connectivity index (χ4n) is 5.60. The Labute approximate surface area is 244 Å². The fourth-order valence-corrected chi connectivity index (χ4v) is 5.85. The van der Waals surface area contributed by atoms with E-state index in [1.54, 1.807) is 18.2 Å². The Hall–Kier alpha value is -4.04. The number of benzene rings is 3. The lowest BCUT2D eigenvalue weighted by molar-refractivity contribution is 0.106. The first-order valence-electron chi connectivity index (χ1n) is 13.8. The summed E-state index contributed by atoms with van der Waals surface area (Å²) < 4.78 is 5.88. The van der Waals surface area contributed by atoms with E-state index < -0.39 is 0 Å². The molecule has 0 bridgehead atoms. The number of aromatic amines is 1. The number of Topliss-reactive ketones (excluding diaryl/α,β-unsaturated/α-hetero) is 1. The van der Waals surface area contributed by atoms with Gasteiger partial charge in [-0.15, -0.1) is 0 Å². The molecule has 3 heterocycles. The molecule has 0 saturated carbocycles. The predicted molar refractivity (Wildman–Crippen MR) is 161 cm³/mol.